The first-order valence-corrected chi connectivity index (χ1v) is 12.6. The van der Waals surface area contributed by atoms with Gasteiger partial charge in [-0.25, -0.2) is 0 Å². The zero-order valence-electron chi connectivity index (χ0n) is 21.8. The summed E-state index contributed by atoms with van der Waals surface area (Å²) >= 11 is 0. The largest absolute Gasteiger partial charge is 0.0918 e. The molecular weight excluding hydrogens is 420 g/mol. The molecule has 0 radical (unpaired) electrons. The molecule has 178 valence electrons. The van der Waals surface area contributed by atoms with Crippen LogP contribution in [0.25, 0.3) is 5.57 Å². The summed E-state index contributed by atoms with van der Waals surface area (Å²) in [5.74, 6) is 0.574. The van der Waals surface area contributed by atoms with E-state index in [0.717, 1.165) is 5.57 Å². The SMILES string of the molecule is C=C1C=CC(C(/C=C\C=C(c2ccc(C)cc2)c2ccc(C)cc2)c2ccc(C)cc2)C=C1.CC. The molecule has 0 saturated carbocycles. The summed E-state index contributed by atoms with van der Waals surface area (Å²) in [4.78, 5) is 0. The molecule has 0 spiro atoms. The van der Waals surface area contributed by atoms with Crippen molar-refractivity contribution in [3.8, 4) is 0 Å². The minimum absolute atomic E-state index is 0.264. The quantitative estimate of drug-likeness (QED) is 0.322. The number of hydrogen-bond donors (Lipinski definition) is 0. The normalized spacial score (nSPS) is 13.9. The van der Waals surface area contributed by atoms with Gasteiger partial charge in [-0.3, -0.25) is 0 Å². The van der Waals surface area contributed by atoms with Crippen LogP contribution >= 0.6 is 0 Å². The van der Waals surface area contributed by atoms with Gasteiger partial charge in [0.15, 0.2) is 0 Å². The fourth-order valence-corrected chi connectivity index (χ4v) is 4.18. The topological polar surface area (TPSA) is 0 Å². The Balaban J connectivity index is 0.00000167. The van der Waals surface area contributed by atoms with Crippen LogP contribution in [0, 0.1) is 26.7 Å². The van der Waals surface area contributed by atoms with E-state index in [9.17, 15) is 0 Å². The minimum atomic E-state index is 0.264. The van der Waals surface area contributed by atoms with Crippen LogP contribution in [0.1, 0.15) is 53.1 Å². The minimum Gasteiger partial charge on any atom is -0.0918 e. The van der Waals surface area contributed by atoms with Crippen LogP contribution in [0.2, 0.25) is 0 Å². The first-order chi connectivity index (χ1) is 17.0. The molecule has 0 bridgehead atoms. The fraction of sp³-hybridized carbons (Fsp3) is 0.200. The molecular formula is C35H38. The molecule has 4 rings (SSSR count). The molecule has 1 aliphatic carbocycles. The zero-order valence-corrected chi connectivity index (χ0v) is 21.8. The number of aryl methyl sites for hydroxylation is 3. The van der Waals surface area contributed by atoms with Crippen molar-refractivity contribution in [3.63, 3.8) is 0 Å². The first kappa shape index (κ1) is 26.0. The van der Waals surface area contributed by atoms with Crippen molar-refractivity contribution >= 4 is 5.57 Å². The average Bonchev–Trinajstić information content (AvgIpc) is 2.88. The van der Waals surface area contributed by atoms with Gasteiger partial charge in [-0.1, -0.05) is 152 Å². The van der Waals surface area contributed by atoms with Crippen molar-refractivity contribution in [3.05, 3.63) is 161 Å². The smallest absolute Gasteiger partial charge is 0.0119 e. The highest BCUT2D eigenvalue weighted by atomic mass is 14.2. The van der Waals surface area contributed by atoms with E-state index in [1.807, 2.05) is 13.8 Å². The summed E-state index contributed by atoms with van der Waals surface area (Å²) in [6.07, 6.45) is 15.6. The van der Waals surface area contributed by atoms with Crippen molar-refractivity contribution in [1.29, 1.82) is 0 Å². The van der Waals surface area contributed by atoms with E-state index in [0.29, 0.717) is 5.92 Å². The number of rotatable bonds is 6. The maximum atomic E-state index is 4.06. The predicted molar refractivity (Wildman–Crippen MR) is 155 cm³/mol. The summed E-state index contributed by atoms with van der Waals surface area (Å²) in [5.41, 5.74) is 9.90. The Kier molecular flexibility index (Phi) is 9.44. The van der Waals surface area contributed by atoms with E-state index < -0.39 is 0 Å². The maximum Gasteiger partial charge on any atom is 0.0119 e. The first-order valence-electron chi connectivity index (χ1n) is 12.6. The molecule has 35 heavy (non-hydrogen) atoms. The third kappa shape index (κ3) is 7.17. The highest BCUT2D eigenvalue weighted by Crippen LogP contribution is 2.32. The monoisotopic (exact) mass is 458 g/mol. The third-order valence-electron chi connectivity index (χ3n) is 6.25. The van der Waals surface area contributed by atoms with Gasteiger partial charge in [-0.05, 0) is 48.6 Å². The Morgan fingerprint density at radius 3 is 1.57 bits per heavy atom. The highest BCUT2D eigenvalue weighted by molar-refractivity contribution is 5.81. The lowest BCUT2D eigenvalue weighted by atomic mass is 9.82. The molecule has 3 aromatic rings. The second kappa shape index (κ2) is 12.7. The van der Waals surface area contributed by atoms with Gasteiger partial charge < -0.3 is 0 Å². The molecule has 0 heteroatoms. The van der Waals surface area contributed by atoms with Gasteiger partial charge in [0, 0.05) is 11.8 Å². The van der Waals surface area contributed by atoms with Gasteiger partial charge in [0.25, 0.3) is 0 Å². The van der Waals surface area contributed by atoms with E-state index in [2.05, 4.69) is 143 Å². The molecule has 0 heterocycles. The maximum absolute atomic E-state index is 4.06. The number of benzene rings is 3. The molecule has 0 nitrogen and oxygen atoms in total. The highest BCUT2D eigenvalue weighted by Gasteiger charge is 2.18. The van der Waals surface area contributed by atoms with E-state index in [1.54, 1.807) is 0 Å². The molecule has 0 amide bonds. The van der Waals surface area contributed by atoms with E-state index in [1.165, 1.54) is 39.0 Å². The van der Waals surface area contributed by atoms with Gasteiger partial charge in [-0.15, -0.1) is 0 Å². The lowest BCUT2D eigenvalue weighted by molar-refractivity contribution is 0.702. The van der Waals surface area contributed by atoms with Crippen molar-refractivity contribution in [1.82, 2.24) is 0 Å². The van der Waals surface area contributed by atoms with Crippen LogP contribution < -0.4 is 0 Å². The summed E-state index contributed by atoms with van der Waals surface area (Å²) in [6, 6.07) is 26.5. The number of hydrogen-bond acceptors (Lipinski definition) is 0. The molecule has 1 unspecified atom stereocenters. The van der Waals surface area contributed by atoms with Crippen LogP contribution in [-0.4, -0.2) is 0 Å². The van der Waals surface area contributed by atoms with Gasteiger partial charge in [0.2, 0.25) is 0 Å². The van der Waals surface area contributed by atoms with Crippen molar-refractivity contribution in [2.24, 2.45) is 5.92 Å². The van der Waals surface area contributed by atoms with Crippen molar-refractivity contribution < 1.29 is 0 Å². The number of allylic oxidation sites excluding steroid dienone is 8. The molecule has 0 saturated heterocycles. The summed E-state index contributed by atoms with van der Waals surface area (Å²) in [7, 11) is 0. The van der Waals surface area contributed by atoms with Crippen molar-refractivity contribution in [2.45, 2.75) is 40.5 Å². The molecule has 1 atom stereocenters. The molecule has 0 aliphatic heterocycles. The van der Waals surface area contributed by atoms with Crippen LogP contribution in [0.4, 0.5) is 0 Å². The van der Waals surface area contributed by atoms with Crippen LogP contribution in [0.5, 0.6) is 0 Å². The van der Waals surface area contributed by atoms with E-state index in [4.69, 9.17) is 0 Å². The van der Waals surface area contributed by atoms with Gasteiger partial charge >= 0.3 is 0 Å². The molecule has 3 aromatic carbocycles. The molecule has 0 aromatic heterocycles. The second-order valence-electron chi connectivity index (χ2n) is 9.00. The third-order valence-corrected chi connectivity index (χ3v) is 6.25. The van der Waals surface area contributed by atoms with Crippen LogP contribution in [0.15, 0.2) is 127 Å². The standard InChI is InChI=1S/C33H32.C2H6/c1-24-8-16-28(17-9-24)32(29-18-10-25(2)11-19-29)6-5-7-33(30-20-12-26(3)13-21-30)31-22-14-27(4)15-23-31;1-2/h5-23,28,32H,1H2,2-4H3;1-2H3/b6-5-;. The average molecular weight is 459 g/mol. The zero-order chi connectivity index (χ0) is 25.2. The van der Waals surface area contributed by atoms with Gasteiger partial charge in [0.05, 0.1) is 0 Å². The Hall–Kier alpha value is -3.64. The molecule has 0 fully saturated rings. The Bertz CT molecular complexity index is 1150. The summed E-state index contributed by atoms with van der Waals surface area (Å²) in [5, 5.41) is 0. The lowest BCUT2D eigenvalue weighted by Gasteiger charge is -2.22. The Labute approximate surface area is 212 Å². The lowest BCUT2D eigenvalue weighted by Crippen LogP contribution is -2.08. The van der Waals surface area contributed by atoms with Crippen LogP contribution in [0.3, 0.4) is 0 Å². The Morgan fingerprint density at radius 1 is 0.686 bits per heavy atom. The molecule has 1 aliphatic rings. The van der Waals surface area contributed by atoms with E-state index >= 15 is 0 Å². The van der Waals surface area contributed by atoms with Gasteiger partial charge in [0.1, 0.15) is 0 Å². The fourth-order valence-electron chi connectivity index (χ4n) is 4.18. The van der Waals surface area contributed by atoms with Gasteiger partial charge in [-0.2, -0.15) is 0 Å². The van der Waals surface area contributed by atoms with E-state index in [-0.39, 0.29) is 5.92 Å². The Morgan fingerprint density at radius 2 is 1.11 bits per heavy atom. The predicted octanol–water partition coefficient (Wildman–Crippen LogP) is 9.71. The summed E-state index contributed by atoms with van der Waals surface area (Å²) < 4.78 is 0. The van der Waals surface area contributed by atoms with Crippen molar-refractivity contribution in [2.75, 3.05) is 0 Å². The molecule has 0 N–H and O–H groups in total. The van der Waals surface area contributed by atoms with Crippen LogP contribution in [-0.2, 0) is 0 Å². The summed E-state index contributed by atoms with van der Waals surface area (Å²) in [6.45, 7) is 14.5. The second-order valence-corrected chi connectivity index (χ2v) is 9.00.